The van der Waals surface area contributed by atoms with Crippen molar-refractivity contribution in [3.8, 4) is 28.4 Å². The zero-order valence-corrected chi connectivity index (χ0v) is 16.5. The summed E-state index contributed by atoms with van der Waals surface area (Å²) in [4.78, 5) is 9.09. The fourth-order valence-electron chi connectivity index (χ4n) is 3.05. The van der Waals surface area contributed by atoms with Gasteiger partial charge in [0.25, 0.3) is 0 Å². The highest BCUT2D eigenvalue weighted by atomic mass is 19.4. The van der Waals surface area contributed by atoms with Gasteiger partial charge < -0.3 is 10.1 Å². The monoisotopic (exact) mass is 421 g/mol. The Morgan fingerprint density at radius 1 is 0.774 bits per heavy atom. The van der Waals surface area contributed by atoms with E-state index in [0.29, 0.717) is 28.6 Å². The molecule has 7 heteroatoms. The van der Waals surface area contributed by atoms with Crippen LogP contribution in [-0.4, -0.2) is 17.1 Å². The van der Waals surface area contributed by atoms with Crippen LogP contribution in [0.25, 0.3) is 22.6 Å². The summed E-state index contributed by atoms with van der Waals surface area (Å²) < 4.78 is 44.8. The van der Waals surface area contributed by atoms with E-state index >= 15 is 0 Å². The molecule has 3 aromatic carbocycles. The van der Waals surface area contributed by atoms with Crippen molar-refractivity contribution in [2.75, 3.05) is 12.4 Å². The predicted molar refractivity (Wildman–Crippen MR) is 114 cm³/mol. The number of hydrogen-bond donors (Lipinski definition) is 1. The lowest BCUT2D eigenvalue weighted by atomic mass is 10.1. The minimum atomic E-state index is -4.44. The average Bonchev–Trinajstić information content (AvgIpc) is 2.79. The number of anilines is 2. The number of nitrogens with zero attached hydrogens (tertiary/aromatic N) is 2. The summed E-state index contributed by atoms with van der Waals surface area (Å²) in [6, 6.07) is 23.3. The molecule has 0 aliphatic heterocycles. The molecule has 0 unspecified atom stereocenters. The first-order valence-corrected chi connectivity index (χ1v) is 9.45. The highest BCUT2D eigenvalue weighted by Crippen LogP contribution is 2.33. The molecular formula is C24H18F3N3O. The van der Waals surface area contributed by atoms with Crippen LogP contribution in [0.3, 0.4) is 0 Å². The molecule has 0 aliphatic rings. The van der Waals surface area contributed by atoms with Crippen LogP contribution in [0.1, 0.15) is 5.56 Å². The van der Waals surface area contributed by atoms with Crippen molar-refractivity contribution in [3.05, 3.63) is 90.5 Å². The number of hydrogen-bond acceptors (Lipinski definition) is 4. The van der Waals surface area contributed by atoms with Crippen molar-refractivity contribution < 1.29 is 17.9 Å². The third kappa shape index (κ3) is 4.83. The Balaban J connectivity index is 1.78. The molecule has 4 rings (SSSR count). The second-order valence-electron chi connectivity index (χ2n) is 6.76. The molecule has 4 nitrogen and oxygen atoms in total. The smallest absolute Gasteiger partial charge is 0.416 e. The van der Waals surface area contributed by atoms with Crippen molar-refractivity contribution >= 4 is 11.5 Å². The number of alkyl halides is 3. The molecule has 4 aromatic rings. The topological polar surface area (TPSA) is 47.0 Å². The van der Waals surface area contributed by atoms with Gasteiger partial charge in [-0.1, -0.05) is 42.5 Å². The lowest BCUT2D eigenvalue weighted by Gasteiger charge is -2.12. The van der Waals surface area contributed by atoms with Gasteiger partial charge in [-0.2, -0.15) is 13.2 Å². The summed E-state index contributed by atoms with van der Waals surface area (Å²) in [6.07, 6.45) is -4.44. The first-order chi connectivity index (χ1) is 14.9. The number of halogens is 3. The molecule has 0 spiro atoms. The summed E-state index contributed by atoms with van der Waals surface area (Å²) in [5.41, 5.74) is 1.53. The number of benzene rings is 3. The molecule has 0 amide bonds. The maximum atomic E-state index is 13.2. The predicted octanol–water partition coefficient (Wildman–Crippen LogP) is 6.58. The summed E-state index contributed by atoms with van der Waals surface area (Å²) in [5.74, 6) is 1.58. The van der Waals surface area contributed by atoms with Crippen LogP contribution in [0, 0.1) is 0 Å². The van der Waals surface area contributed by atoms with Crippen LogP contribution in [0.15, 0.2) is 84.9 Å². The Bertz CT molecular complexity index is 1180. The molecule has 1 N–H and O–H groups in total. The van der Waals surface area contributed by atoms with Crippen molar-refractivity contribution in [2.45, 2.75) is 6.18 Å². The largest absolute Gasteiger partial charge is 0.497 e. The van der Waals surface area contributed by atoms with Crippen LogP contribution in [0.2, 0.25) is 0 Å². The molecular weight excluding hydrogens is 403 g/mol. The minimum Gasteiger partial charge on any atom is -0.497 e. The standard InChI is InChI=1S/C24H18F3N3O/c1-31-20-12-10-19(11-13-20)28-22-15-21(17-8-5-9-18(14-17)24(25,26)27)29-23(30-22)16-6-3-2-4-7-16/h2-15H,1H3,(H,28,29,30). The van der Waals surface area contributed by atoms with E-state index < -0.39 is 11.7 Å². The van der Waals surface area contributed by atoms with Gasteiger partial charge in [-0.3, -0.25) is 0 Å². The highest BCUT2D eigenvalue weighted by molar-refractivity contribution is 5.70. The average molecular weight is 421 g/mol. The maximum Gasteiger partial charge on any atom is 0.416 e. The fourth-order valence-corrected chi connectivity index (χ4v) is 3.05. The van der Waals surface area contributed by atoms with Crippen molar-refractivity contribution in [1.29, 1.82) is 0 Å². The van der Waals surface area contributed by atoms with Gasteiger partial charge in [0, 0.05) is 22.9 Å². The number of rotatable bonds is 5. The molecule has 0 aliphatic carbocycles. The van der Waals surface area contributed by atoms with Gasteiger partial charge in [0.2, 0.25) is 0 Å². The van der Waals surface area contributed by atoms with Crippen LogP contribution in [-0.2, 0) is 6.18 Å². The van der Waals surface area contributed by atoms with E-state index in [1.54, 1.807) is 31.4 Å². The molecule has 0 saturated carbocycles. The van der Waals surface area contributed by atoms with Crippen LogP contribution < -0.4 is 10.1 Å². The minimum absolute atomic E-state index is 0.354. The van der Waals surface area contributed by atoms with Gasteiger partial charge >= 0.3 is 6.18 Å². The van der Waals surface area contributed by atoms with E-state index in [-0.39, 0.29) is 0 Å². The number of nitrogens with one attached hydrogen (secondary N) is 1. The van der Waals surface area contributed by atoms with Gasteiger partial charge in [-0.05, 0) is 36.4 Å². The quantitative estimate of drug-likeness (QED) is 0.395. The first kappa shape index (κ1) is 20.4. The normalized spacial score (nSPS) is 11.2. The first-order valence-electron chi connectivity index (χ1n) is 9.45. The molecule has 156 valence electrons. The molecule has 1 heterocycles. The van der Waals surface area contributed by atoms with Gasteiger partial charge in [-0.25, -0.2) is 9.97 Å². The zero-order valence-electron chi connectivity index (χ0n) is 16.5. The lowest BCUT2D eigenvalue weighted by Crippen LogP contribution is -2.05. The molecule has 0 fully saturated rings. The summed E-state index contributed by atoms with van der Waals surface area (Å²) in [5, 5.41) is 3.19. The molecule has 31 heavy (non-hydrogen) atoms. The number of ether oxygens (including phenoxy) is 1. The van der Waals surface area contributed by atoms with Gasteiger partial charge in [0.15, 0.2) is 5.82 Å². The lowest BCUT2D eigenvalue weighted by molar-refractivity contribution is -0.137. The van der Waals surface area contributed by atoms with Gasteiger partial charge in [0.05, 0.1) is 18.4 Å². The number of methoxy groups -OCH3 is 1. The molecule has 0 bridgehead atoms. The SMILES string of the molecule is COc1ccc(Nc2cc(-c3cccc(C(F)(F)F)c3)nc(-c3ccccc3)n2)cc1. The fraction of sp³-hybridized carbons (Fsp3) is 0.0833. The second kappa shape index (κ2) is 8.47. The zero-order chi connectivity index (χ0) is 21.8. The Hall–Kier alpha value is -3.87. The molecule has 1 aromatic heterocycles. The van der Waals surface area contributed by atoms with Crippen LogP contribution in [0.4, 0.5) is 24.7 Å². The van der Waals surface area contributed by atoms with Crippen molar-refractivity contribution in [3.63, 3.8) is 0 Å². The Morgan fingerprint density at radius 3 is 2.16 bits per heavy atom. The van der Waals surface area contributed by atoms with Crippen LogP contribution >= 0.6 is 0 Å². The Labute approximate surface area is 177 Å². The summed E-state index contributed by atoms with van der Waals surface area (Å²) >= 11 is 0. The van der Waals surface area contributed by atoms with E-state index in [1.165, 1.54) is 6.07 Å². The van der Waals surface area contributed by atoms with Crippen LogP contribution in [0.5, 0.6) is 5.75 Å². The maximum absolute atomic E-state index is 13.2. The van der Waals surface area contributed by atoms with Crippen molar-refractivity contribution in [2.24, 2.45) is 0 Å². The van der Waals surface area contributed by atoms with E-state index in [9.17, 15) is 13.2 Å². The van der Waals surface area contributed by atoms with Crippen molar-refractivity contribution in [1.82, 2.24) is 9.97 Å². The highest BCUT2D eigenvalue weighted by Gasteiger charge is 2.30. The Morgan fingerprint density at radius 2 is 1.48 bits per heavy atom. The summed E-state index contributed by atoms with van der Waals surface area (Å²) in [6.45, 7) is 0. The molecule has 0 saturated heterocycles. The van der Waals surface area contributed by atoms with E-state index in [1.807, 2.05) is 42.5 Å². The molecule has 0 radical (unpaired) electrons. The Kier molecular flexibility index (Phi) is 5.58. The van der Waals surface area contributed by atoms with Gasteiger partial charge in [0.1, 0.15) is 11.6 Å². The van der Waals surface area contributed by atoms with E-state index in [0.717, 1.165) is 23.4 Å². The van der Waals surface area contributed by atoms with E-state index in [2.05, 4.69) is 15.3 Å². The van der Waals surface area contributed by atoms with Gasteiger partial charge in [-0.15, -0.1) is 0 Å². The number of aromatic nitrogens is 2. The third-order valence-electron chi connectivity index (χ3n) is 4.61. The summed E-state index contributed by atoms with van der Waals surface area (Å²) in [7, 11) is 1.58. The third-order valence-corrected chi connectivity index (χ3v) is 4.61. The second-order valence-corrected chi connectivity index (χ2v) is 6.76. The van der Waals surface area contributed by atoms with E-state index in [4.69, 9.17) is 4.74 Å². The molecule has 0 atom stereocenters.